The molecule has 0 atom stereocenters. The first-order chi connectivity index (χ1) is 6.69. The van der Waals surface area contributed by atoms with Crippen LogP contribution in [0.25, 0.3) is 0 Å². The first-order valence-electron chi connectivity index (χ1n) is 4.11. The predicted molar refractivity (Wildman–Crippen MR) is 50.0 cm³/mol. The number of halogens is 1. The highest BCUT2D eigenvalue weighted by molar-refractivity contribution is 6.03. The summed E-state index contributed by atoms with van der Waals surface area (Å²) in [5.41, 5.74) is 0.334. The number of rotatable bonds is 4. The molecule has 0 radical (unpaired) electrons. The number of hydrogen-bond acceptors (Lipinski definition) is 3. The number of likely N-dealkylation sites (N-methyl/N-ethyl adjacent to an activating group) is 1. The number of carbonyl (C=O) groups is 2. The molecule has 0 aliphatic heterocycles. The van der Waals surface area contributed by atoms with Gasteiger partial charge in [0.2, 0.25) is 0 Å². The van der Waals surface area contributed by atoms with E-state index in [0.717, 1.165) is 12.1 Å². The van der Waals surface area contributed by atoms with Gasteiger partial charge in [-0.05, 0) is 25.2 Å². The molecule has 14 heavy (non-hydrogen) atoms. The van der Waals surface area contributed by atoms with Gasteiger partial charge in [-0.1, -0.05) is 0 Å². The van der Waals surface area contributed by atoms with Crippen molar-refractivity contribution < 1.29 is 14.0 Å². The molecule has 0 unspecified atom stereocenters. The molecule has 3 nitrogen and oxygen atoms in total. The van der Waals surface area contributed by atoms with Crippen molar-refractivity contribution in [2.45, 2.75) is 0 Å². The van der Waals surface area contributed by atoms with Crippen LogP contribution in [0.1, 0.15) is 20.7 Å². The van der Waals surface area contributed by atoms with Crippen LogP contribution in [0.5, 0.6) is 0 Å². The van der Waals surface area contributed by atoms with Crippen molar-refractivity contribution in [3.8, 4) is 0 Å². The summed E-state index contributed by atoms with van der Waals surface area (Å²) in [7, 11) is 1.61. The minimum absolute atomic E-state index is 0.0876. The highest BCUT2D eigenvalue weighted by atomic mass is 19.1. The van der Waals surface area contributed by atoms with Crippen molar-refractivity contribution in [2.24, 2.45) is 0 Å². The minimum atomic E-state index is -0.518. The van der Waals surface area contributed by atoms with Crippen LogP contribution in [0.4, 0.5) is 4.39 Å². The molecule has 0 amide bonds. The van der Waals surface area contributed by atoms with E-state index in [4.69, 9.17) is 0 Å². The van der Waals surface area contributed by atoms with Gasteiger partial charge in [-0.2, -0.15) is 0 Å². The fourth-order valence-electron chi connectivity index (χ4n) is 1.13. The minimum Gasteiger partial charge on any atom is -0.313 e. The van der Waals surface area contributed by atoms with Crippen LogP contribution in [0, 0.1) is 5.82 Å². The predicted octanol–water partition coefficient (Wildman–Crippen LogP) is 1.04. The molecule has 0 spiro atoms. The standard InChI is InChI=1S/C10H10FNO2/c1-12-5-10(14)9-4-8(11)3-2-7(9)6-13/h2-4,6,12H,5H2,1H3. The number of Topliss-reactive ketones (excluding diaryl/α,β-unsaturated/α-hetero) is 1. The zero-order valence-electron chi connectivity index (χ0n) is 7.71. The van der Waals surface area contributed by atoms with Crippen LogP contribution in [-0.4, -0.2) is 25.7 Å². The molecule has 0 saturated heterocycles. The zero-order valence-corrected chi connectivity index (χ0v) is 7.71. The lowest BCUT2D eigenvalue weighted by Gasteiger charge is -2.03. The van der Waals surface area contributed by atoms with Crippen LogP contribution in [0.3, 0.4) is 0 Å². The van der Waals surface area contributed by atoms with Gasteiger partial charge >= 0.3 is 0 Å². The van der Waals surface area contributed by atoms with E-state index in [0.29, 0.717) is 6.29 Å². The number of aldehydes is 1. The van der Waals surface area contributed by atoms with Crippen molar-refractivity contribution in [3.63, 3.8) is 0 Å². The van der Waals surface area contributed by atoms with Gasteiger partial charge < -0.3 is 5.32 Å². The van der Waals surface area contributed by atoms with Crippen LogP contribution in [0.15, 0.2) is 18.2 Å². The van der Waals surface area contributed by atoms with Gasteiger partial charge in [0, 0.05) is 11.1 Å². The molecule has 1 aromatic carbocycles. The summed E-state index contributed by atoms with van der Waals surface area (Å²) < 4.78 is 12.8. The summed E-state index contributed by atoms with van der Waals surface area (Å²) >= 11 is 0. The number of ketones is 1. The van der Waals surface area contributed by atoms with E-state index in [1.54, 1.807) is 7.05 Å². The van der Waals surface area contributed by atoms with Gasteiger partial charge in [-0.15, -0.1) is 0 Å². The third kappa shape index (κ3) is 2.23. The third-order valence-corrected chi connectivity index (χ3v) is 1.78. The summed E-state index contributed by atoms with van der Waals surface area (Å²) in [6, 6.07) is 3.52. The van der Waals surface area contributed by atoms with E-state index >= 15 is 0 Å². The molecule has 74 valence electrons. The quantitative estimate of drug-likeness (QED) is 0.576. The number of carbonyl (C=O) groups excluding carboxylic acids is 2. The van der Waals surface area contributed by atoms with E-state index in [-0.39, 0.29) is 23.5 Å². The Bertz CT molecular complexity index is 363. The molecule has 1 aromatic rings. The van der Waals surface area contributed by atoms with Crippen molar-refractivity contribution >= 4 is 12.1 Å². The fourth-order valence-corrected chi connectivity index (χ4v) is 1.13. The zero-order chi connectivity index (χ0) is 10.6. The van der Waals surface area contributed by atoms with E-state index in [9.17, 15) is 14.0 Å². The molecule has 0 bridgehead atoms. The van der Waals surface area contributed by atoms with E-state index in [1.165, 1.54) is 6.07 Å². The number of hydrogen-bond donors (Lipinski definition) is 1. The maximum absolute atomic E-state index is 12.8. The molecular formula is C10H10FNO2. The number of benzene rings is 1. The van der Waals surface area contributed by atoms with Gasteiger partial charge in [0.1, 0.15) is 5.82 Å². The first-order valence-corrected chi connectivity index (χ1v) is 4.11. The molecule has 0 saturated carbocycles. The Morgan fingerprint density at radius 2 is 2.29 bits per heavy atom. The Morgan fingerprint density at radius 3 is 2.86 bits per heavy atom. The van der Waals surface area contributed by atoms with Gasteiger partial charge in [0.25, 0.3) is 0 Å². The second kappa shape index (κ2) is 4.62. The number of nitrogens with one attached hydrogen (secondary N) is 1. The normalized spacial score (nSPS) is 9.86. The molecule has 1 N–H and O–H groups in total. The summed E-state index contributed by atoms with van der Waals surface area (Å²) in [4.78, 5) is 21.9. The second-order valence-electron chi connectivity index (χ2n) is 2.80. The Labute approximate surface area is 80.9 Å². The van der Waals surface area contributed by atoms with Crippen LogP contribution in [0.2, 0.25) is 0 Å². The van der Waals surface area contributed by atoms with E-state index < -0.39 is 5.82 Å². The first kappa shape index (κ1) is 10.5. The van der Waals surface area contributed by atoms with E-state index in [2.05, 4.69) is 5.32 Å². The van der Waals surface area contributed by atoms with Crippen LogP contribution < -0.4 is 5.32 Å². The molecule has 0 aromatic heterocycles. The van der Waals surface area contributed by atoms with Gasteiger partial charge in [0.05, 0.1) is 6.54 Å². The van der Waals surface area contributed by atoms with Gasteiger partial charge in [0.15, 0.2) is 12.1 Å². The fraction of sp³-hybridized carbons (Fsp3) is 0.200. The summed E-state index contributed by atoms with van der Waals surface area (Å²) in [6.45, 7) is 0.0876. The Morgan fingerprint density at radius 1 is 1.57 bits per heavy atom. The van der Waals surface area contributed by atoms with E-state index in [1.807, 2.05) is 0 Å². The molecule has 0 heterocycles. The van der Waals surface area contributed by atoms with Crippen molar-refractivity contribution in [1.82, 2.24) is 5.32 Å². The summed E-state index contributed by atoms with van der Waals surface area (Å²) in [5.74, 6) is -0.816. The van der Waals surface area contributed by atoms with Gasteiger partial charge in [-0.3, -0.25) is 9.59 Å². The SMILES string of the molecule is CNCC(=O)c1cc(F)ccc1C=O. The smallest absolute Gasteiger partial charge is 0.177 e. The molecule has 1 rings (SSSR count). The average molecular weight is 195 g/mol. The molecule has 0 fully saturated rings. The van der Waals surface area contributed by atoms with Crippen molar-refractivity contribution in [2.75, 3.05) is 13.6 Å². The third-order valence-electron chi connectivity index (χ3n) is 1.78. The monoisotopic (exact) mass is 195 g/mol. The van der Waals surface area contributed by atoms with Crippen molar-refractivity contribution in [3.05, 3.63) is 35.1 Å². The van der Waals surface area contributed by atoms with Crippen molar-refractivity contribution in [1.29, 1.82) is 0 Å². The Balaban J connectivity index is 3.10. The summed E-state index contributed by atoms with van der Waals surface area (Å²) in [5, 5.41) is 2.65. The molecule has 4 heteroatoms. The van der Waals surface area contributed by atoms with Crippen LogP contribution in [-0.2, 0) is 0 Å². The summed E-state index contributed by atoms with van der Waals surface area (Å²) in [6.07, 6.45) is 0.544. The lowest BCUT2D eigenvalue weighted by atomic mass is 10.0. The average Bonchev–Trinajstić information content (AvgIpc) is 2.18. The molecule has 0 aliphatic rings. The molecular weight excluding hydrogens is 185 g/mol. The highest BCUT2D eigenvalue weighted by Gasteiger charge is 2.10. The maximum atomic E-state index is 12.8. The second-order valence-corrected chi connectivity index (χ2v) is 2.80. The highest BCUT2D eigenvalue weighted by Crippen LogP contribution is 2.09. The lowest BCUT2D eigenvalue weighted by molar-refractivity contribution is 0.0986. The maximum Gasteiger partial charge on any atom is 0.177 e. The topological polar surface area (TPSA) is 46.2 Å². The molecule has 0 aliphatic carbocycles. The van der Waals surface area contributed by atoms with Gasteiger partial charge in [-0.25, -0.2) is 4.39 Å². The van der Waals surface area contributed by atoms with Crippen LogP contribution >= 0.6 is 0 Å². The Kier molecular flexibility index (Phi) is 3.48. The Hall–Kier alpha value is -1.55. The lowest BCUT2D eigenvalue weighted by Crippen LogP contribution is -2.19. The largest absolute Gasteiger partial charge is 0.313 e.